The first-order valence-corrected chi connectivity index (χ1v) is 11.7. The lowest BCUT2D eigenvalue weighted by Crippen LogP contribution is -1.94. The van der Waals surface area contributed by atoms with Gasteiger partial charge in [-0.15, -0.1) is 46.4 Å². The van der Waals surface area contributed by atoms with Crippen molar-refractivity contribution in [2.75, 3.05) is 0 Å². The zero-order valence-electron chi connectivity index (χ0n) is 13.5. The van der Waals surface area contributed by atoms with Crippen molar-refractivity contribution in [3.05, 3.63) is 57.6 Å². The minimum atomic E-state index is 0.465. The molecular weight excluding hydrogens is 422 g/mol. The number of halogens is 4. The molecule has 2 aromatic rings. The minimum absolute atomic E-state index is 0.465. The fourth-order valence-electron chi connectivity index (χ4n) is 2.55. The van der Waals surface area contributed by atoms with Crippen LogP contribution in [-0.4, -0.2) is 0 Å². The Morgan fingerprint density at radius 2 is 0.833 bits per heavy atom. The highest BCUT2D eigenvalue weighted by Crippen LogP contribution is 2.45. The maximum Gasteiger partial charge on any atom is 0.0485 e. The summed E-state index contributed by atoms with van der Waals surface area (Å²) in [5.74, 6) is 1.86. The van der Waals surface area contributed by atoms with Gasteiger partial charge < -0.3 is 0 Å². The van der Waals surface area contributed by atoms with Crippen LogP contribution in [0.4, 0.5) is 0 Å². The largest absolute Gasteiger partial charge is 0.122 e. The lowest BCUT2D eigenvalue weighted by Gasteiger charge is -2.16. The molecule has 0 atom stereocenters. The van der Waals surface area contributed by atoms with Crippen LogP contribution >= 0.6 is 68.0 Å². The van der Waals surface area contributed by atoms with E-state index >= 15 is 0 Å². The first-order valence-electron chi connectivity index (χ1n) is 7.37. The number of aryl methyl sites for hydroxylation is 2. The van der Waals surface area contributed by atoms with Gasteiger partial charge >= 0.3 is 0 Å². The van der Waals surface area contributed by atoms with Crippen molar-refractivity contribution in [3.63, 3.8) is 0 Å². The van der Waals surface area contributed by atoms with Gasteiger partial charge in [-0.2, -0.15) is 0 Å². The Labute approximate surface area is 172 Å². The Bertz CT molecular complexity index is 605. The van der Waals surface area contributed by atoms with E-state index in [2.05, 4.69) is 38.1 Å². The Morgan fingerprint density at radius 3 is 1.04 bits per heavy atom. The van der Waals surface area contributed by atoms with Crippen molar-refractivity contribution in [2.45, 2.75) is 47.2 Å². The second kappa shape index (κ2) is 9.85. The molecule has 0 fully saturated rings. The Morgan fingerprint density at radius 1 is 0.583 bits per heavy atom. The number of alkyl halides is 4. The van der Waals surface area contributed by atoms with E-state index in [0.717, 1.165) is 32.0 Å². The quantitative estimate of drug-likeness (QED) is 0.316. The van der Waals surface area contributed by atoms with E-state index in [-0.39, 0.29) is 0 Å². The van der Waals surface area contributed by atoms with Crippen molar-refractivity contribution in [1.82, 2.24) is 0 Å². The van der Waals surface area contributed by atoms with E-state index < -0.39 is 0 Å². The standard InChI is InChI=1S/C18H18Cl4S2/c1-11-3-13(7-19)17(14(4-11)8-20)23-24-18-15(9-21)5-12(2)6-16(18)10-22/h3-6H,7-10H2,1-2H3. The fraction of sp³-hybridized carbons (Fsp3) is 0.333. The number of hydrogen-bond donors (Lipinski definition) is 0. The normalized spacial score (nSPS) is 11.1. The van der Waals surface area contributed by atoms with Gasteiger partial charge in [0.15, 0.2) is 0 Å². The van der Waals surface area contributed by atoms with Gasteiger partial charge in [0, 0.05) is 33.3 Å². The van der Waals surface area contributed by atoms with Gasteiger partial charge in [-0.1, -0.05) is 57.0 Å². The fourth-order valence-corrected chi connectivity index (χ4v) is 6.62. The molecule has 0 heterocycles. The molecule has 0 unspecified atom stereocenters. The average Bonchev–Trinajstić information content (AvgIpc) is 2.59. The van der Waals surface area contributed by atoms with Gasteiger partial charge in [0.2, 0.25) is 0 Å². The molecule has 2 aromatic carbocycles. The van der Waals surface area contributed by atoms with E-state index in [0.29, 0.717) is 23.5 Å². The molecule has 0 radical (unpaired) electrons. The van der Waals surface area contributed by atoms with Gasteiger partial charge in [-0.25, -0.2) is 0 Å². The van der Waals surface area contributed by atoms with Gasteiger partial charge in [0.1, 0.15) is 0 Å². The third kappa shape index (κ3) is 4.93. The van der Waals surface area contributed by atoms with Crippen LogP contribution in [0.15, 0.2) is 34.1 Å². The van der Waals surface area contributed by atoms with Crippen LogP contribution in [-0.2, 0) is 23.5 Å². The second-order valence-electron chi connectivity index (χ2n) is 5.53. The molecule has 0 saturated carbocycles. The highest BCUT2D eigenvalue weighted by Gasteiger charge is 2.15. The number of benzene rings is 2. The van der Waals surface area contributed by atoms with Crippen molar-refractivity contribution < 1.29 is 0 Å². The zero-order chi connectivity index (χ0) is 17.7. The number of rotatable bonds is 7. The smallest absolute Gasteiger partial charge is 0.0485 e. The predicted molar refractivity (Wildman–Crippen MR) is 112 cm³/mol. The van der Waals surface area contributed by atoms with Crippen LogP contribution in [0, 0.1) is 13.8 Å². The molecule has 0 nitrogen and oxygen atoms in total. The Hall–Kier alpha value is 0.300. The minimum Gasteiger partial charge on any atom is -0.122 e. The second-order valence-corrected chi connectivity index (χ2v) is 8.74. The van der Waals surface area contributed by atoms with E-state index in [1.54, 1.807) is 21.6 Å². The highest BCUT2D eigenvalue weighted by molar-refractivity contribution is 8.76. The molecule has 0 amide bonds. The first kappa shape index (κ1) is 20.6. The first-order chi connectivity index (χ1) is 11.5. The van der Waals surface area contributed by atoms with Crippen LogP contribution in [0.1, 0.15) is 33.4 Å². The van der Waals surface area contributed by atoms with Crippen LogP contribution < -0.4 is 0 Å². The zero-order valence-corrected chi connectivity index (χ0v) is 18.1. The number of hydrogen-bond acceptors (Lipinski definition) is 2. The maximum atomic E-state index is 6.14. The molecule has 130 valence electrons. The Kier molecular flexibility index (Phi) is 8.46. The molecule has 0 aliphatic carbocycles. The predicted octanol–water partition coefficient (Wildman–Crippen LogP) is 8.06. The van der Waals surface area contributed by atoms with Crippen LogP contribution in [0.25, 0.3) is 0 Å². The lowest BCUT2D eigenvalue weighted by molar-refractivity contribution is 1.15. The molecule has 6 heteroatoms. The summed E-state index contributed by atoms with van der Waals surface area (Å²) in [4.78, 5) is 2.27. The third-order valence-electron chi connectivity index (χ3n) is 3.56. The topological polar surface area (TPSA) is 0 Å². The Balaban J connectivity index is 2.38. The summed E-state index contributed by atoms with van der Waals surface area (Å²) in [6.45, 7) is 4.12. The molecule has 0 N–H and O–H groups in total. The summed E-state index contributed by atoms with van der Waals surface area (Å²) in [5, 5.41) is 0. The van der Waals surface area contributed by atoms with Gasteiger partial charge in [0.25, 0.3) is 0 Å². The van der Waals surface area contributed by atoms with Gasteiger partial charge in [-0.05, 0) is 36.1 Å². The van der Waals surface area contributed by atoms with Crippen molar-refractivity contribution >= 4 is 68.0 Å². The lowest BCUT2D eigenvalue weighted by atomic mass is 10.1. The van der Waals surface area contributed by atoms with Crippen LogP contribution in [0.3, 0.4) is 0 Å². The molecule has 0 aliphatic heterocycles. The molecule has 2 rings (SSSR count). The maximum absolute atomic E-state index is 6.14. The van der Waals surface area contributed by atoms with E-state index in [4.69, 9.17) is 46.4 Å². The summed E-state index contributed by atoms with van der Waals surface area (Å²) < 4.78 is 0. The van der Waals surface area contributed by atoms with Gasteiger partial charge in [0.05, 0.1) is 0 Å². The van der Waals surface area contributed by atoms with Crippen LogP contribution in [0.5, 0.6) is 0 Å². The van der Waals surface area contributed by atoms with Crippen molar-refractivity contribution in [2.24, 2.45) is 0 Å². The highest BCUT2D eigenvalue weighted by atomic mass is 35.5. The van der Waals surface area contributed by atoms with Crippen LogP contribution in [0.2, 0.25) is 0 Å². The summed E-state index contributed by atoms with van der Waals surface area (Å²) in [6, 6.07) is 8.47. The van der Waals surface area contributed by atoms with Crippen molar-refractivity contribution in [3.8, 4) is 0 Å². The van der Waals surface area contributed by atoms with Gasteiger partial charge in [-0.3, -0.25) is 0 Å². The summed E-state index contributed by atoms with van der Waals surface area (Å²) in [6.07, 6.45) is 0. The SMILES string of the molecule is Cc1cc(CCl)c(SSc2c(CCl)cc(C)cc2CCl)c(CCl)c1. The van der Waals surface area contributed by atoms with E-state index in [1.165, 1.54) is 11.1 Å². The van der Waals surface area contributed by atoms with Crippen molar-refractivity contribution in [1.29, 1.82) is 0 Å². The van der Waals surface area contributed by atoms with E-state index in [9.17, 15) is 0 Å². The molecular formula is C18H18Cl4S2. The average molecular weight is 440 g/mol. The summed E-state index contributed by atoms with van der Waals surface area (Å²) in [5.41, 5.74) is 6.78. The molecule has 0 saturated heterocycles. The third-order valence-corrected chi connectivity index (χ3v) is 7.43. The van der Waals surface area contributed by atoms with E-state index in [1.807, 2.05) is 0 Å². The molecule has 0 spiro atoms. The molecule has 24 heavy (non-hydrogen) atoms. The summed E-state index contributed by atoms with van der Waals surface area (Å²) in [7, 11) is 3.36. The monoisotopic (exact) mass is 438 g/mol. The molecule has 0 bridgehead atoms. The molecule has 0 aromatic heterocycles. The summed E-state index contributed by atoms with van der Waals surface area (Å²) >= 11 is 24.6. The molecule has 0 aliphatic rings.